The highest BCUT2D eigenvalue weighted by atomic mass is 16.5. The van der Waals surface area contributed by atoms with Gasteiger partial charge in [0.2, 0.25) is 5.91 Å². The number of amides is 1. The Morgan fingerprint density at radius 3 is 2.53 bits per heavy atom. The molecule has 0 aliphatic carbocycles. The van der Waals surface area contributed by atoms with Crippen LogP contribution in [0.3, 0.4) is 0 Å². The highest BCUT2D eigenvalue weighted by Gasteiger charge is 2.35. The first-order valence-electron chi connectivity index (χ1n) is 11.8. The molecule has 0 N–H and O–H groups in total. The van der Waals surface area contributed by atoms with Crippen LogP contribution in [0.5, 0.6) is 11.5 Å². The van der Waals surface area contributed by atoms with Gasteiger partial charge in [-0.3, -0.25) is 4.79 Å². The van der Waals surface area contributed by atoms with Crippen molar-refractivity contribution in [1.29, 1.82) is 0 Å². The van der Waals surface area contributed by atoms with Gasteiger partial charge in [0.25, 0.3) is 0 Å². The van der Waals surface area contributed by atoms with E-state index in [0.717, 1.165) is 34.7 Å². The lowest BCUT2D eigenvalue weighted by atomic mass is 10.1. The second-order valence-corrected chi connectivity index (χ2v) is 8.50. The number of carbonyl (C=O) groups excluding carboxylic acids is 1. The van der Waals surface area contributed by atoms with E-state index < -0.39 is 0 Å². The number of hydrogen-bond acceptors (Lipinski definition) is 4. The number of hydrogen-bond donors (Lipinski definition) is 0. The molecule has 1 aliphatic rings. The van der Waals surface area contributed by atoms with Crippen molar-refractivity contribution in [1.82, 2.24) is 9.55 Å². The average Bonchev–Trinajstić information content (AvgIpc) is 3.44. The third-order valence-corrected chi connectivity index (χ3v) is 6.48. The maximum Gasteiger partial charge on any atom is 0.227 e. The largest absolute Gasteiger partial charge is 0.493 e. The van der Waals surface area contributed by atoms with Crippen molar-refractivity contribution >= 4 is 22.6 Å². The molecular weight excluding hydrogens is 426 g/mol. The number of anilines is 1. The molecule has 0 bridgehead atoms. The summed E-state index contributed by atoms with van der Waals surface area (Å²) in [6.07, 6.45) is 1.35. The van der Waals surface area contributed by atoms with Crippen LogP contribution in [0.4, 0.5) is 5.69 Å². The lowest BCUT2D eigenvalue weighted by Crippen LogP contribution is -2.25. The maximum absolute atomic E-state index is 13.1. The molecule has 2 heterocycles. The molecule has 0 radical (unpaired) electrons. The third-order valence-electron chi connectivity index (χ3n) is 6.48. The molecule has 4 aromatic rings. The molecule has 6 heteroatoms. The van der Waals surface area contributed by atoms with Crippen molar-refractivity contribution in [2.45, 2.75) is 32.2 Å². The van der Waals surface area contributed by atoms with Crippen LogP contribution in [-0.4, -0.2) is 35.7 Å². The SMILES string of the molecule is CCc1ccccc1N1CC(c2nc3ccccc3n2CCOc2ccccc2OC)CC1=O. The molecule has 1 aromatic heterocycles. The zero-order valence-electron chi connectivity index (χ0n) is 19.6. The summed E-state index contributed by atoms with van der Waals surface area (Å²) in [5.41, 5.74) is 4.20. The van der Waals surface area contributed by atoms with Gasteiger partial charge in [0.15, 0.2) is 11.5 Å². The molecule has 1 unspecified atom stereocenters. The number of benzene rings is 3. The van der Waals surface area contributed by atoms with Gasteiger partial charge in [-0.25, -0.2) is 4.98 Å². The Labute approximate surface area is 199 Å². The fourth-order valence-electron chi connectivity index (χ4n) is 4.81. The van der Waals surface area contributed by atoms with Crippen LogP contribution >= 0.6 is 0 Å². The average molecular weight is 456 g/mol. The van der Waals surface area contributed by atoms with E-state index in [1.165, 1.54) is 5.56 Å². The van der Waals surface area contributed by atoms with Gasteiger partial charge in [-0.2, -0.15) is 0 Å². The maximum atomic E-state index is 13.1. The standard InChI is InChI=1S/C28H29N3O3/c1-3-20-10-4-6-12-23(20)31-19-21(18-27(31)32)28-29-22-11-5-7-13-24(22)30(28)16-17-34-26-15-9-8-14-25(26)33-2/h4-15,21H,3,16-19H2,1-2H3. The number of para-hydroxylation sites is 5. The smallest absolute Gasteiger partial charge is 0.227 e. The van der Waals surface area contributed by atoms with E-state index >= 15 is 0 Å². The Hall–Kier alpha value is -3.80. The molecule has 6 nitrogen and oxygen atoms in total. The van der Waals surface area contributed by atoms with Crippen LogP contribution in [-0.2, 0) is 17.8 Å². The van der Waals surface area contributed by atoms with Crippen molar-refractivity contribution in [3.05, 3.63) is 84.2 Å². The van der Waals surface area contributed by atoms with Crippen LogP contribution in [0.1, 0.15) is 30.7 Å². The summed E-state index contributed by atoms with van der Waals surface area (Å²) in [5.74, 6) is 2.54. The Bertz CT molecular complexity index is 1310. The molecule has 174 valence electrons. The van der Waals surface area contributed by atoms with Gasteiger partial charge in [-0.1, -0.05) is 49.4 Å². The van der Waals surface area contributed by atoms with Crippen molar-refractivity contribution in [3.8, 4) is 11.5 Å². The predicted octanol–water partition coefficient (Wildman–Crippen LogP) is 5.21. The monoisotopic (exact) mass is 455 g/mol. The molecule has 0 spiro atoms. The Morgan fingerprint density at radius 2 is 1.71 bits per heavy atom. The van der Waals surface area contributed by atoms with E-state index in [1.54, 1.807) is 7.11 Å². The summed E-state index contributed by atoms with van der Waals surface area (Å²) in [7, 11) is 1.64. The minimum absolute atomic E-state index is 0.0241. The zero-order chi connectivity index (χ0) is 23.5. The van der Waals surface area contributed by atoms with E-state index in [4.69, 9.17) is 14.5 Å². The summed E-state index contributed by atoms with van der Waals surface area (Å²) < 4.78 is 13.7. The second-order valence-electron chi connectivity index (χ2n) is 8.50. The first-order chi connectivity index (χ1) is 16.7. The molecule has 1 aliphatic heterocycles. The van der Waals surface area contributed by atoms with Crippen molar-refractivity contribution in [3.63, 3.8) is 0 Å². The van der Waals surface area contributed by atoms with Gasteiger partial charge in [0.05, 0.1) is 24.7 Å². The third kappa shape index (κ3) is 4.12. The summed E-state index contributed by atoms with van der Waals surface area (Å²) in [6.45, 7) is 3.85. The van der Waals surface area contributed by atoms with E-state index in [9.17, 15) is 4.79 Å². The van der Waals surface area contributed by atoms with Crippen molar-refractivity contribution in [2.75, 3.05) is 25.2 Å². The molecule has 34 heavy (non-hydrogen) atoms. The normalized spacial score (nSPS) is 15.8. The summed E-state index contributed by atoms with van der Waals surface area (Å²) in [6, 6.07) is 23.9. The highest BCUT2D eigenvalue weighted by Crippen LogP contribution is 2.35. The van der Waals surface area contributed by atoms with Crippen LogP contribution in [0.2, 0.25) is 0 Å². The molecule has 1 amide bonds. The zero-order valence-corrected chi connectivity index (χ0v) is 19.6. The van der Waals surface area contributed by atoms with Gasteiger partial charge in [-0.15, -0.1) is 0 Å². The van der Waals surface area contributed by atoms with Crippen molar-refractivity contribution in [2.24, 2.45) is 0 Å². The second kappa shape index (κ2) is 9.59. The van der Waals surface area contributed by atoms with E-state index in [0.29, 0.717) is 31.9 Å². The number of methoxy groups -OCH3 is 1. The molecule has 1 saturated heterocycles. The Morgan fingerprint density at radius 1 is 0.971 bits per heavy atom. The van der Waals surface area contributed by atoms with E-state index in [-0.39, 0.29) is 11.8 Å². The number of aromatic nitrogens is 2. The van der Waals surface area contributed by atoms with Crippen LogP contribution < -0.4 is 14.4 Å². The topological polar surface area (TPSA) is 56.6 Å². The fraction of sp³-hybridized carbons (Fsp3) is 0.286. The number of rotatable bonds is 8. The summed E-state index contributed by atoms with van der Waals surface area (Å²) in [5, 5.41) is 0. The first kappa shape index (κ1) is 22.0. The highest BCUT2D eigenvalue weighted by molar-refractivity contribution is 5.97. The minimum atomic E-state index is 0.0241. The Kier molecular flexibility index (Phi) is 6.21. The van der Waals surface area contributed by atoms with Gasteiger partial charge < -0.3 is 18.9 Å². The number of carbonyl (C=O) groups is 1. The lowest BCUT2D eigenvalue weighted by molar-refractivity contribution is -0.117. The fourth-order valence-corrected chi connectivity index (χ4v) is 4.81. The van der Waals surface area contributed by atoms with Gasteiger partial charge in [0.1, 0.15) is 12.4 Å². The van der Waals surface area contributed by atoms with E-state index in [1.807, 2.05) is 65.6 Å². The lowest BCUT2D eigenvalue weighted by Gasteiger charge is -2.20. The van der Waals surface area contributed by atoms with Gasteiger partial charge >= 0.3 is 0 Å². The predicted molar refractivity (Wildman–Crippen MR) is 134 cm³/mol. The first-order valence-corrected chi connectivity index (χ1v) is 11.8. The van der Waals surface area contributed by atoms with Crippen LogP contribution in [0.15, 0.2) is 72.8 Å². The van der Waals surface area contributed by atoms with Crippen LogP contribution in [0, 0.1) is 0 Å². The number of nitrogens with zero attached hydrogens (tertiary/aromatic N) is 3. The molecule has 0 saturated carbocycles. The molecule has 3 aromatic carbocycles. The van der Waals surface area contributed by atoms with E-state index in [2.05, 4.69) is 23.6 Å². The Balaban J connectivity index is 1.41. The molecule has 1 atom stereocenters. The number of ether oxygens (including phenoxy) is 2. The summed E-state index contributed by atoms with van der Waals surface area (Å²) >= 11 is 0. The quantitative estimate of drug-likeness (QED) is 0.366. The number of fused-ring (bicyclic) bond motifs is 1. The molecular formula is C28H29N3O3. The molecule has 1 fully saturated rings. The number of aryl methyl sites for hydroxylation is 1. The molecule has 5 rings (SSSR count). The van der Waals surface area contributed by atoms with Gasteiger partial charge in [-0.05, 0) is 42.3 Å². The van der Waals surface area contributed by atoms with Crippen molar-refractivity contribution < 1.29 is 14.3 Å². The number of imidazole rings is 1. The van der Waals surface area contributed by atoms with Gasteiger partial charge in [0, 0.05) is 24.6 Å². The summed E-state index contributed by atoms with van der Waals surface area (Å²) in [4.78, 5) is 20.0. The minimum Gasteiger partial charge on any atom is -0.493 e. The van der Waals surface area contributed by atoms with Crippen LogP contribution in [0.25, 0.3) is 11.0 Å².